The molecule has 1 heterocycles. The second-order valence-electron chi connectivity index (χ2n) is 3.32. The molecule has 0 aromatic carbocycles. The Hall–Kier alpha value is -0.520. The van der Waals surface area contributed by atoms with Crippen molar-refractivity contribution < 1.29 is 0 Å². The molecule has 1 aliphatic rings. The SMILES string of the molecule is C#CC(C)N(CC)C1CCNC1. The molecule has 0 aromatic rings. The van der Waals surface area contributed by atoms with Crippen LogP contribution in [-0.2, 0) is 0 Å². The summed E-state index contributed by atoms with van der Waals surface area (Å²) in [7, 11) is 0. The molecule has 0 aliphatic carbocycles. The van der Waals surface area contributed by atoms with Crippen molar-refractivity contribution in [2.24, 2.45) is 0 Å². The zero-order valence-corrected chi connectivity index (χ0v) is 8.01. The van der Waals surface area contributed by atoms with E-state index in [1.807, 2.05) is 0 Å². The van der Waals surface area contributed by atoms with Crippen LogP contribution in [0.5, 0.6) is 0 Å². The molecule has 0 bridgehead atoms. The van der Waals surface area contributed by atoms with Gasteiger partial charge in [-0.3, -0.25) is 4.90 Å². The van der Waals surface area contributed by atoms with Gasteiger partial charge in [-0.25, -0.2) is 0 Å². The molecule has 2 atom stereocenters. The van der Waals surface area contributed by atoms with Crippen LogP contribution in [0.25, 0.3) is 0 Å². The minimum absolute atomic E-state index is 0.278. The lowest BCUT2D eigenvalue weighted by atomic mass is 10.1. The summed E-state index contributed by atoms with van der Waals surface area (Å²) in [5, 5.41) is 3.36. The highest BCUT2D eigenvalue weighted by Gasteiger charge is 2.23. The lowest BCUT2D eigenvalue weighted by Crippen LogP contribution is -2.42. The summed E-state index contributed by atoms with van der Waals surface area (Å²) >= 11 is 0. The molecule has 0 saturated carbocycles. The van der Waals surface area contributed by atoms with Crippen molar-refractivity contribution in [3.05, 3.63) is 0 Å². The summed E-state index contributed by atoms with van der Waals surface area (Å²) in [5.74, 6) is 2.79. The van der Waals surface area contributed by atoms with Gasteiger partial charge in [0, 0.05) is 12.6 Å². The van der Waals surface area contributed by atoms with E-state index in [1.165, 1.54) is 6.42 Å². The first-order valence-corrected chi connectivity index (χ1v) is 4.72. The first kappa shape index (κ1) is 9.57. The summed E-state index contributed by atoms with van der Waals surface area (Å²) in [4.78, 5) is 2.39. The van der Waals surface area contributed by atoms with Crippen molar-refractivity contribution in [3.63, 3.8) is 0 Å². The lowest BCUT2D eigenvalue weighted by Gasteiger charge is -2.29. The van der Waals surface area contributed by atoms with E-state index in [1.54, 1.807) is 0 Å². The van der Waals surface area contributed by atoms with E-state index in [4.69, 9.17) is 6.42 Å². The Bertz CT molecular complexity index is 165. The van der Waals surface area contributed by atoms with E-state index in [-0.39, 0.29) is 6.04 Å². The summed E-state index contributed by atoms with van der Waals surface area (Å²) in [6, 6.07) is 0.931. The maximum atomic E-state index is 5.40. The number of nitrogens with one attached hydrogen (secondary N) is 1. The summed E-state index contributed by atoms with van der Waals surface area (Å²) in [5.41, 5.74) is 0. The largest absolute Gasteiger partial charge is 0.315 e. The first-order chi connectivity index (χ1) is 5.79. The summed E-state index contributed by atoms with van der Waals surface area (Å²) in [6.45, 7) is 7.56. The van der Waals surface area contributed by atoms with Gasteiger partial charge in [-0.1, -0.05) is 12.8 Å². The fourth-order valence-corrected chi connectivity index (χ4v) is 1.87. The van der Waals surface area contributed by atoms with Crippen LogP contribution >= 0.6 is 0 Å². The van der Waals surface area contributed by atoms with E-state index in [0.29, 0.717) is 6.04 Å². The molecule has 2 heteroatoms. The minimum Gasteiger partial charge on any atom is -0.315 e. The van der Waals surface area contributed by atoms with Crippen molar-refractivity contribution in [2.45, 2.75) is 32.4 Å². The standard InChI is InChI=1S/C10H18N2/c1-4-9(3)12(5-2)10-6-7-11-8-10/h1,9-11H,5-8H2,2-3H3. The van der Waals surface area contributed by atoms with Crippen LogP contribution in [-0.4, -0.2) is 36.6 Å². The molecular formula is C10H18N2. The Morgan fingerprint density at radius 2 is 2.50 bits per heavy atom. The Balaban J connectivity index is 2.49. The normalized spacial score (nSPS) is 25.7. The third-order valence-corrected chi connectivity index (χ3v) is 2.61. The monoisotopic (exact) mass is 166 g/mol. The van der Waals surface area contributed by atoms with E-state index in [0.717, 1.165) is 19.6 Å². The predicted octanol–water partition coefficient (Wildman–Crippen LogP) is 0.692. The topological polar surface area (TPSA) is 15.3 Å². The molecule has 1 aliphatic heterocycles. The Labute approximate surface area is 75.3 Å². The molecule has 1 saturated heterocycles. The molecule has 0 aromatic heterocycles. The lowest BCUT2D eigenvalue weighted by molar-refractivity contribution is 0.195. The van der Waals surface area contributed by atoms with Gasteiger partial charge in [0.05, 0.1) is 6.04 Å². The molecule has 0 amide bonds. The average Bonchev–Trinajstić information content (AvgIpc) is 2.58. The quantitative estimate of drug-likeness (QED) is 0.621. The van der Waals surface area contributed by atoms with Crippen LogP contribution in [0.3, 0.4) is 0 Å². The molecule has 1 N–H and O–H groups in total. The van der Waals surface area contributed by atoms with Crippen molar-refractivity contribution >= 4 is 0 Å². The van der Waals surface area contributed by atoms with Gasteiger partial charge in [0.2, 0.25) is 0 Å². The van der Waals surface area contributed by atoms with E-state index in [2.05, 4.69) is 30.0 Å². The Morgan fingerprint density at radius 1 is 1.75 bits per heavy atom. The van der Waals surface area contributed by atoms with Crippen LogP contribution in [0.4, 0.5) is 0 Å². The Kier molecular flexibility index (Phi) is 3.58. The predicted molar refractivity (Wildman–Crippen MR) is 51.9 cm³/mol. The zero-order chi connectivity index (χ0) is 8.97. The average molecular weight is 166 g/mol. The van der Waals surface area contributed by atoms with Gasteiger partial charge in [-0.2, -0.15) is 0 Å². The highest BCUT2D eigenvalue weighted by Crippen LogP contribution is 2.11. The van der Waals surface area contributed by atoms with Crippen molar-refractivity contribution in [2.75, 3.05) is 19.6 Å². The van der Waals surface area contributed by atoms with Crippen LogP contribution in [0.15, 0.2) is 0 Å². The van der Waals surface area contributed by atoms with Gasteiger partial charge in [-0.15, -0.1) is 6.42 Å². The highest BCUT2D eigenvalue weighted by molar-refractivity contribution is 4.99. The fourth-order valence-electron chi connectivity index (χ4n) is 1.87. The fraction of sp³-hybridized carbons (Fsp3) is 0.800. The maximum Gasteiger partial charge on any atom is 0.0686 e. The molecule has 1 rings (SSSR count). The zero-order valence-electron chi connectivity index (χ0n) is 8.01. The van der Waals surface area contributed by atoms with E-state index < -0.39 is 0 Å². The number of rotatable bonds is 3. The molecule has 0 radical (unpaired) electrons. The second-order valence-corrected chi connectivity index (χ2v) is 3.32. The van der Waals surface area contributed by atoms with Crippen molar-refractivity contribution in [1.29, 1.82) is 0 Å². The molecule has 2 nitrogen and oxygen atoms in total. The third-order valence-electron chi connectivity index (χ3n) is 2.61. The number of nitrogens with zero attached hydrogens (tertiary/aromatic N) is 1. The van der Waals surface area contributed by atoms with Crippen LogP contribution in [0.1, 0.15) is 20.3 Å². The molecule has 12 heavy (non-hydrogen) atoms. The molecule has 2 unspecified atom stereocenters. The van der Waals surface area contributed by atoms with E-state index in [9.17, 15) is 0 Å². The summed E-state index contributed by atoms with van der Waals surface area (Å²) in [6.07, 6.45) is 6.64. The number of hydrogen-bond acceptors (Lipinski definition) is 2. The van der Waals surface area contributed by atoms with Gasteiger partial charge in [0.25, 0.3) is 0 Å². The van der Waals surface area contributed by atoms with Crippen molar-refractivity contribution in [3.8, 4) is 12.3 Å². The second kappa shape index (κ2) is 4.49. The van der Waals surface area contributed by atoms with Crippen LogP contribution in [0, 0.1) is 12.3 Å². The molecule has 0 spiro atoms. The van der Waals surface area contributed by atoms with E-state index >= 15 is 0 Å². The van der Waals surface area contributed by atoms with Gasteiger partial charge in [0.15, 0.2) is 0 Å². The number of hydrogen-bond donors (Lipinski definition) is 1. The summed E-state index contributed by atoms with van der Waals surface area (Å²) < 4.78 is 0. The van der Waals surface area contributed by atoms with Gasteiger partial charge >= 0.3 is 0 Å². The minimum atomic E-state index is 0.278. The molecular weight excluding hydrogens is 148 g/mol. The molecule has 1 fully saturated rings. The smallest absolute Gasteiger partial charge is 0.0686 e. The highest BCUT2D eigenvalue weighted by atomic mass is 15.2. The number of terminal acetylenes is 1. The van der Waals surface area contributed by atoms with Gasteiger partial charge < -0.3 is 5.32 Å². The third kappa shape index (κ3) is 2.00. The van der Waals surface area contributed by atoms with Gasteiger partial charge in [0.1, 0.15) is 0 Å². The number of likely N-dealkylation sites (N-methyl/N-ethyl adjacent to an activating group) is 1. The van der Waals surface area contributed by atoms with Crippen molar-refractivity contribution in [1.82, 2.24) is 10.2 Å². The Morgan fingerprint density at radius 3 is 2.92 bits per heavy atom. The first-order valence-electron chi connectivity index (χ1n) is 4.72. The van der Waals surface area contributed by atoms with Gasteiger partial charge in [-0.05, 0) is 26.4 Å². The van der Waals surface area contributed by atoms with Crippen LogP contribution < -0.4 is 5.32 Å². The maximum absolute atomic E-state index is 5.40. The van der Waals surface area contributed by atoms with Crippen LogP contribution in [0.2, 0.25) is 0 Å². The molecule has 68 valence electrons.